The number of aryl methyl sites for hydroxylation is 2. The second kappa shape index (κ2) is 6.87. The Balaban J connectivity index is 2.93. The van der Waals surface area contributed by atoms with E-state index in [0.717, 1.165) is 0 Å². The summed E-state index contributed by atoms with van der Waals surface area (Å²) in [5.74, 6) is -1.50. The summed E-state index contributed by atoms with van der Waals surface area (Å²) in [5.41, 5.74) is 5.55. The number of carbonyl (C=O) groups is 3. The molecule has 0 aliphatic heterocycles. The van der Waals surface area contributed by atoms with Crippen molar-refractivity contribution in [2.45, 2.75) is 40.2 Å². The number of aromatic nitrogens is 1. The van der Waals surface area contributed by atoms with Crippen LogP contribution in [-0.2, 0) is 16.0 Å². The summed E-state index contributed by atoms with van der Waals surface area (Å²) in [6.07, 6.45) is -0.647. The van der Waals surface area contributed by atoms with Gasteiger partial charge in [0.15, 0.2) is 6.10 Å². The topological polar surface area (TPSA) is 125 Å². The number of esters is 1. The van der Waals surface area contributed by atoms with Gasteiger partial charge in [-0.05, 0) is 19.3 Å². The van der Waals surface area contributed by atoms with E-state index in [1.165, 1.54) is 0 Å². The normalized spacial score (nSPS) is 12.0. The quantitative estimate of drug-likeness (QED) is 0.779. The van der Waals surface area contributed by atoms with Gasteiger partial charge in [0.05, 0.1) is 5.69 Å². The fraction of sp³-hybridized carbons (Fsp3) is 0.538. The van der Waals surface area contributed by atoms with Crippen LogP contribution in [0.1, 0.15) is 42.6 Å². The predicted octanol–water partition coefficient (Wildman–Crippen LogP) is 0.922. The molecule has 0 aliphatic carbocycles. The van der Waals surface area contributed by atoms with Crippen LogP contribution in [0.5, 0.6) is 0 Å². The van der Waals surface area contributed by atoms with Crippen molar-refractivity contribution < 1.29 is 23.6 Å². The van der Waals surface area contributed by atoms with Crippen LogP contribution in [0.2, 0.25) is 0 Å². The SMILES string of the molecule is CCc1noc(C)c1C(=O)OC(C(=O)NC(N)=O)C(C)C. The smallest absolute Gasteiger partial charge is 0.344 e. The minimum Gasteiger partial charge on any atom is -0.448 e. The fourth-order valence-corrected chi connectivity index (χ4v) is 1.78. The van der Waals surface area contributed by atoms with Crippen molar-refractivity contribution in [1.82, 2.24) is 10.5 Å². The van der Waals surface area contributed by atoms with E-state index in [2.05, 4.69) is 5.16 Å². The summed E-state index contributed by atoms with van der Waals surface area (Å²) >= 11 is 0. The first-order valence-electron chi connectivity index (χ1n) is 6.54. The van der Waals surface area contributed by atoms with Gasteiger partial charge in [0.1, 0.15) is 11.3 Å². The molecule has 1 unspecified atom stereocenters. The Hall–Kier alpha value is -2.38. The minimum atomic E-state index is -1.14. The molecular weight excluding hydrogens is 278 g/mol. The molecule has 1 aromatic rings. The number of nitrogens with one attached hydrogen (secondary N) is 1. The van der Waals surface area contributed by atoms with Gasteiger partial charge >= 0.3 is 12.0 Å². The van der Waals surface area contributed by atoms with E-state index in [4.69, 9.17) is 15.0 Å². The Labute approximate surface area is 122 Å². The van der Waals surface area contributed by atoms with Crippen LogP contribution >= 0.6 is 0 Å². The molecular formula is C13H19N3O5. The molecule has 1 heterocycles. The molecule has 116 valence electrons. The average Bonchev–Trinajstić information content (AvgIpc) is 2.75. The van der Waals surface area contributed by atoms with Gasteiger partial charge in [-0.2, -0.15) is 0 Å². The molecule has 0 saturated heterocycles. The van der Waals surface area contributed by atoms with Crippen molar-refractivity contribution in [3.63, 3.8) is 0 Å². The first kappa shape index (κ1) is 16.7. The molecule has 3 amide bonds. The van der Waals surface area contributed by atoms with Gasteiger partial charge in [-0.25, -0.2) is 9.59 Å². The largest absolute Gasteiger partial charge is 0.448 e. The molecule has 0 spiro atoms. The van der Waals surface area contributed by atoms with E-state index in [1.807, 2.05) is 12.2 Å². The third-order valence-electron chi connectivity index (χ3n) is 2.82. The molecule has 8 nitrogen and oxygen atoms in total. The van der Waals surface area contributed by atoms with Crippen molar-refractivity contribution >= 4 is 17.9 Å². The van der Waals surface area contributed by atoms with Crippen LogP contribution in [0.25, 0.3) is 0 Å². The van der Waals surface area contributed by atoms with E-state index in [1.54, 1.807) is 20.8 Å². The van der Waals surface area contributed by atoms with Crippen LogP contribution in [0.15, 0.2) is 4.52 Å². The summed E-state index contributed by atoms with van der Waals surface area (Å²) in [6, 6.07) is -1.00. The lowest BCUT2D eigenvalue weighted by Crippen LogP contribution is -2.45. The number of nitrogens with zero attached hydrogens (tertiary/aromatic N) is 1. The summed E-state index contributed by atoms with van der Waals surface area (Å²) in [4.78, 5) is 34.7. The molecule has 1 rings (SSSR count). The monoisotopic (exact) mass is 297 g/mol. The Kier molecular flexibility index (Phi) is 5.45. The second-order valence-electron chi connectivity index (χ2n) is 4.84. The highest BCUT2D eigenvalue weighted by Gasteiger charge is 2.30. The highest BCUT2D eigenvalue weighted by atomic mass is 16.6. The van der Waals surface area contributed by atoms with Crippen molar-refractivity contribution in [3.8, 4) is 0 Å². The van der Waals surface area contributed by atoms with Crippen LogP contribution in [0, 0.1) is 12.8 Å². The molecule has 21 heavy (non-hydrogen) atoms. The Morgan fingerprint density at radius 3 is 2.48 bits per heavy atom. The summed E-state index contributed by atoms with van der Waals surface area (Å²) in [6.45, 7) is 6.75. The van der Waals surface area contributed by atoms with Crippen molar-refractivity contribution in [2.75, 3.05) is 0 Å². The lowest BCUT2D eigenvalue weighted by atomic mass is 10.1. The van der Waals surface area contributed by atoms with E-state index < -0.39 is 24.0 Å². The number of amides is 3. The Morgan fingerprint density at radius 2 is 2.00 bits per heavy atom. The zero-order chi connectivity index (χ0) is 16.2. The molecule has 0 radical (unpaired) electrons. The van der Waals surface area contributed by atoms with Crippen LogP contribution < -0.4 is 11.1 Å². The summed E-state index contributed by atoms with van der Waals surface area (Å²) in [7, 11) is 0. The van der Waals surface area contributed by atoms with E-state index in [9.17, 15) is 14.4 Å². The molecule has 0 aromatic carbocycles. The standard InChI is InChI=1S/C13H19N3O5/c1-5-8-9(7(4)21-16-8)12(18)20-10(6(2)3)11(17)15-13(14)19/h6,10H,5H2,1-4H3,(H3,14,15,17,19). The molecule has 1 atom stereocenters. The predicted molar refractivity (Wildman–Crippen MR) is 72.4 cm³/mol. The number of nitrogens with two attached hydrogens (primary N) is 1. The lowest BCUT2D eigenvalue weighted by molar-refractivity contribution is -0.130. The highest BCUT2D eigenvalue weighted by Crippen LogP contribution is 2.18. The molecule has 0 bridgehead atoms. The van der Waals surface area contributed by atoms with Gasteiger partial charge in [-0.1, -0.05) is 25.9 Å². The number of urea groups is 1. The number of hydrogen-bond donors (Lipinski definition) is 2. The number of ether oxygens (including phenoxy) is 1. The summed E-state index contributed by atoms with van der Waals surface area (Å²) in [5, 5.41) is 5.65. The maximum atomic E-state index is 12.2. The number of primary amides is 1. The molecule has 0 aliphatic rings. The van der Waals surface area contributed by atoms with Crippen LogP contribution in [0.3, 0.4) is 0 Å². The highest BCUT2D eigenvalue weighted by molar-refractivity contribution is 5.98. The minimum absolute atomic E-state index is 0.204. The van der Waals surface area contributed by atoms with Gasteiger partial charge in [0.2, 0.25) is 0 Å². The van der Waals surface area contributed by atoms with Gasteiger partial charge in [-0.15, -0.1) is 0 Å². The molecule has 3 N–H and O–H groups in total. The first-order chi connectivity index (χ1) is 9.77. The van der Waals surface area contributed by atoms with E-state index >= 15 is 0 Å². The maximum Gasteiger partial charge on any atom is 0.344 e. The molecule has 8 heteroatoms. The van der Waals surface area contributed by atoms with Crippen LogP contribution in [0.4, 0.5) is 4.79 Å². The van der Waals surface area contributed by atoms with Crippen molar-refractivity contribution in [3.05, 3.63) is 17.0 Å². The van der Waals surface area contributed by atoms with Gasteiger partial charge in [0, 0.05) is 0 Å². The second-order valence-corrected chi connectivity index (χ2v) is 4.84. The third kappa shape index (κ3) is 4.04. The molecule has 0 fully saturated rings. The van der Waals surface area contributed by atoms with Crippen molar-refractivity contribution in [1.29, 1.82) is 0 Å². The Morgan fingerprint density at radius 1 is 1.38 bits per heavy atom. The zero-order valence-corrected chi connectivity index (χ0v) is 12.4. The van der Waals surface area contributed by atoms with E-state index in [-0.39, 0.29) is 11.5 Å². The van der Waals surface area contributed by atoms with Gasteiger partial charge in [0.25, 0.3) is 5.91 Å². The number of imide groups is 1. The van der Waals surface area contributed by atoms with Gasteiger partial charge < -0.3 is 15.0 Å². The lowest BCUT2D eigenvalue weighted by Gasteiger charge is -2.19. The number of carbonyl (C=O) groups excluding carboxylic acids is 3. The molecule has 1 aromatic heterocycles. The van der Waals surface area contributed by atoms with Gasteiger partial charge in [-0.3, -0.25) is 10.1 Å². The van der Waals surface area contributed by atoms with Crippen LogP contribution in [-0.4, -0.2) is 29.2 Å². The maximum absolute atomic E-state index is 12.2. The zero-order valence-electron chi connectivity index (χ0n) is 12.4. The fourth-order valence-electron chi connectivity index (χ4n) is 1.78. The van der Waals surface area contributed by atoms with E-state index in [0.29, 0.717) is 17.9 Å². The average molecular weight is 297 g/mol. The Bertz CT molecular complexity index is 550. The number of rotatable bonds is 5. The third-order valence-corrected chi connectivity index (χ3v) is 2.82. The summed E-state index contributed by atoms with van der Waals surface area (Å²) < 4.78 is 10.1. The first-order valence-corrected chi connectivity index (χ1v) is 6.54. The molecule has 0 saturated carbocycles. The van der Waals surface area contributed by atoms with Crippen molar-refractivity contribution in [2.24, 2.45) is 11.7 Å². The number of hydrogen-bond acceptors (Lipinski definition) is 6.